The largest absolute Gasteiger partial charge is 0.337 e. The summed E-state index contributed by atoms with van der Waals surface area (Å²) < 4.78 is 0. The zero-order valence-corrected chi connectivity index (χ0v) is 14.7. The third-order valence-electron chi connectivity index (χ3n) is 5.91. The van der Waals surface area contributed by atoms with Crippen LogP contribution >= 0.6 is 0 Å². The second-order valence-electron chi connectivity index (χ2n) is 7.72. The number of carbonyl (C=O) groups is 2. The van der Waals surface area contributed by atoms with Crippen molar-refractivity contribution in [2.75, 3.05) is 19.6 Å². The number of nitrogens with one attached hydrogen (secondary N) is 1. The van der Waals surface area contributed by atoms with E-state index in [2.05, 4.69) is 29.4 Å². The Kier molecular flexibility index (Phi) is 4.36. The van der Waals surface area contributed by atoms with E-state index < -0.39 is 0 Å². The van der Waals surface area contributed by atoms with Crippen molar-refractivity contribution in [3.8, 4) is 0 Å². The highest BCUT2D eigenvalue weighted by atomic mass is 16.2. The Bertz CT molecular complexity index is 642. The normalized spacial score (nSPS) is 29.8. The lowest BCUT2D eigenvalue weighted by Crippen LogP contribution is -2.48. The second-order valence-corrected chi connectivity index (χ2v) is 7.72. The van der Waals surface area contributed by atoms with Gasteiger partial charge in [-0.3, -0.25) is 9.78 Å². The van der Waals surface area contributed by atoms with Crippen LogP contribution in [0.4, 0.5) is 4.79 Å². The average molecular weight is 342 g/mol. The fraction of sp³-hybridized carbons (Fsp3) is 0.632. The quantitative estimate of drug-likeness (QED) is 0.913. The summed E-state index contributed by atoms with van der Waals surface area (Å²) in [6, 6.07) is 4.49. The van der Waals surface area contributed by atoms with Gasteiger partial charge in [0.1, 0.15) is 0 Å². The van der Waals surface area contributed by atoms with Gasteiger partial charge in [0.25, 0.3) is 0 Å². The SMILES string of the molecule is C[C@@H]1C[C@@H]1N1C[C@H](NC(=O)N2CCC(c3ccncc3)CC2)CC1=O. The van der Waals surface area contributed by atoms with Crippen LogP contribution in [-0.4, -0.2) is 58.4 Å². The summed E-state index contributed by atoms with van der Waals surface area (Å²) in [6.45, 7) is 4.38. The summed E-state index contributed by atoms with van der Waals surface area (Å²) in [5.41, 5.74) is 1.31. The molecule has 1 N–H and O–H groups in total. The smallest absolute Gasteiger partial charge is 0.317 e. The fourth-order valence-corrected chi connectivity index (χ4v) is 4.20. The van der Waals surface area contributed by atoms with Crippen LogP contribution in [0.3, 0.4) is 0 Å². The van der Waals surface area contributed by atoms with Gasteiger partial charge in [0.2, 0.25) is 5.91 Å². The molecule has 0 unspecified atom stereocenters. The average Bonchev–Trinajstić information content (AvgIpc) is 3.25. The molecular weight excluding hydrogens is 316 g/mol. The van der Waals surface area contributed by atoms with Crippen molar-refractivity contribution < 1.29 is 9.59 Å². The molecule has 4 rings (SSSR count). The molecule has 134 valence electrons. The predicted octanol–water partition coefficient (Wildman–Crippen LogP) is 1.98. The summed E-state index contributed by atoms with van der Waals surface area (Å²) in [6.07, 6.45) is 7.17. The Hall–Kier alpha value is -2.11. The van der Waals surface area contributed by atoms with Gasteiger partial charge in [0.15, 0.2) is 0 Å². The first-order valence-corrected chi connectivity index (χ1v) is 9.36. The highest BCUT2D eigenvalue weighted by Gasteiger charge is 2.45. The Morgan fingerprint density at radius 3 is 2.56 bits per heavy atom. The van der Waals surface area contributed by atoms with Gasteiger partial charge in [-0.15, -0.1) is 0 Å². The van der Waals surface area contributed by atoms with E-state index in [1.54, 1.807) is 0 Å². The van der Waals surface area contributed by atoms with Crippen LogP contribution in [-0.2, 0) is 4.79 Å². The number of nitrogens with zero attached hydrogens (tertiary/aromatic N) is 3. The molecule has 3 aliphatic rings. The number of rotatable bonds is 3. The molecule has 3 amide bonds. The number of likely N-dealkylation sites (tertiary alicyclic amines) is 2. The zero-order valence-electron chi connectivity index (χ0n) is 14.7. The first-order chi connectivity index (χ1) is 12.1. The molecule has 2 aliphatic heterocycles. The van der Waals surface area contributed by atoms with E-state index in [1.165, 1.54) is 5.56 Å². The summed E-state index contributed by atoms with van der Waals surface area (Å²) in [4.78, 5) is 32.6. The van der Waals surface area contributed by atoms with Crippen molar-refractivity contribution in [2.45, 2.75) is 50.6 Å². The maximum Gasteiger partial charge on any atom is 0.317 e. The van der Waals surface area contributed by atoms with Gasteiger partial charge in [-0.2, -0.15) is 0 Å². The van der Waals surface area contributed by atoms with Gasteiger partial charge in [0, 0.05) is 44.5 Å². The van der Waals surface area contributed by atoms with E-state index in [0.29, 0.717) is 30.8 Å². The van der Waals surface area contributed by atoms with E-state index >= 15 is 0 Å². The minimum absolute atomic E-state index is 0.0170. The standard InChI is InChI=1S/C19H26N4O2/c1-13-10-17(13)23-12-16(11-18(23)24)21-19(25)22-8-4-15(5-9-22)14-2-6-20-7-3-14/h2-3,6-7,13,15-17H,4-5,8-12H2,1H3,(H,21,25)/t13-,16-,17+/m1/s1. The third kappa shape index (κ3) is 3.48. The first-order valence-electron chi connectivity index (χ1n) is 9.36. The number of hydrogen-bond donors (Lipinski definition) is 1. The number of urea groups is 1. The minimum atomic E-state index is -0.0364. The highest BCUT2D eigenvalue weighted by molar-refractivity contribution is 5.82. The lowest BCUT2D eigenvalue weighted by Gasteiger charge is -2.33. The van der Waals surface area contributed by atoms with Crippen molar-refractivity contribution in [3.63, 3.8) is 0 Å². The highest BCUT2D eigenvalue weighted by Crippen LogP contribution is 2.37. The van der Waals surface area contributed by atoms with Crippen LogP contribution in [0.2, 0.25) is 0 Å². The van der Waals surface area contributed by atoms with E-state index in [0.717, 1.165) is 32.4 Å². The van der Waals surface area contributed by atoms with Gasteiger partial charge in [0.05, 0.1) is 6.04 Å². The second kappa shape index (κ2) is 6.65. The van der Waals surface area contributed by atoms with Crippen molar-refractivity contribution in [2.24, 2.45) is 5.92 Å². The number of amides is 3. The Labute approximate surface area is 148 Å². The van der Waals surface area contributed by atoms with Gasteiger partial charge < -0.3 is 15.1 Å². The molecule has 1 aliphatic carbocycles. The maximum atomic E-state index is 12.5. The van der Waals surface area contributed by atoms with Crippen LogP contribution in [0, 0.1) is 5.92 Å². The molecular formula is C19H26N4O2. The van der Waals surface area contributed by atoms with E-state index in [-0.39, 0.29) is 18.0 Å². The van der Waals surface area contributed by atoms with Crippen LogP contribution in [0.1, 0.15) is 44.1 Å². The Morgan fingerprint density at radius 2 is 1.92 bits per heavy atom. The Balaban J connectivity index is 1.26. The first kappa shape index (κ1) is 16.4. The number of pyridine rings is 1. The molecule has 6 nitrogen and oxygen atoms in total. The van der Waals surface area contributed by atoms with Gasteiger partial charge >= 0.3 is 6.03 Å². The molecule has 0 spiro atoms. The minimum Gasteiger partial charge on any atom is -0.337 e. The summed E-state index contributed by atoms with van der Waals surface area (Å²) in [5, 5.41) is 3.08. The van der Waals surface area contributed by atoms with Crippen molar-refractivity contribution in [1.29, 1.82) is 0 Å². The lowest BCUT2D eigenvalue weighted by atomic mass is 9.90. The molecule has 0 radical (unpaired) electrons. The molecule has 1 saturated carbocycles. The van der Waals surface area contributed by atoms with Gasteiger partial charge in [-0.05, 0) is 48.8 Å². The summed E-state index contributed by atoms with van der Waals surface area (Å²) >= 11 is 0. The molecule has 1 aromatic heterocycles. The van der Waals surface area contributed by atoms with Crippen LogP contribution in [0.15, 0.2) is 24.5 Å². The molecule has 2 saturated heterocycles. The fourth-order valence-electron chi connectivity index (χ4n) is 4.20. The molecule has 3 atom stereocenters. The number of aromatic nitrogens is 1. The van der Waals surface area contributed by atoms with Crippen LogP contribution < -0.4 is 5.32 Å². The van der Waals surface area contributed by atoms with Gasteiger partial charge in [-0.25, -0.2) is 4.79 Å². The molecule has 0 aromatic carbocycles. The van der Waals surface area contributed by atoms with Crippen molar-refractivity contribution in [1.82, 2.24) is 20.1 Å². The summed E-state index contributed by atoms with van der Waals surface area (Å²) in [7, 11) is 0. The molecule has 3 heterocycles. The third-order valence-corrected chi connectivity index (χ3v) is 5.91. The van der Waals surface area contributed by atoms with Crippen LogP contribution in [0.5, 0.6) is 0 Å². The molecule has 3 fully saturated rings. The lowest BCUT2D eigenvalue weighted by molar-refractivity contribution is -0.128. The number of piperidine rings is 1. The van der Waals surface area contributed by atoms with E-state index in [4.69, 9.17) is 0 Å². The monoisotopic (exact) mass is 342 g/mol. The Morgan fingerprint density at radius 1 is 1.24 bits per heavy atom. The van der Waals surface area contributed by atoms with Crippen molar-refractivity contribution >= 4 is 11.9 Å². The van der Waals surface area contributed by atoms with E-state index in [9.17, 15) is 9.59 Å². The number of carbonyl (C=O) groups excluding carboxylic acids is 2. The predicted molar refractivity (Wildman–Crippen MR) is 94.0 cm³/mol. The maximum absolute atomic E-state index is 12.5. The molecule has 0 bridgehead atoms. The topological polar surface area (TPSA) is 65.5 Å². The number of hydrogen-bond acceptors (Lipinski definition) is 3. The van der Waals surface area contributed by atoms with Crippen LogP contribution in [0.25, 0.3) is 0 Å². The van der Waals surface area contributed by atoms with Gasteiger partial charge in [-0.1, -0.05) is 6.92 Å². The summed E-state index contributed by atoms with van der Waals surface area (Å²) in [5.74, 6) is 1.31. The molecule has 25 heavy (non-hydrogen) atoms. The zero-order chi connectivity index (χ0) is 17.4. The molecule has 6 heteroatoms. The van der Waals surface area contributed by atoms with Crippen molar-refractivity contribution in [3.05, 3.63) is 30.1 Å². The molecule has 1 aromatic rings. The van der Waals surface area contributed by atoms with E-state index in [1.807, 2.05) is 22.2 Å².